The summed E-state index contributed by atoms with van der Waals surface area (Å²) in [7, 11) is 3.11. The molecule has 9 heteroatoms. The zero-order valence-electron chi connectivity index (χ0n) is 16.9. The van der Waals surface area contributed by atoms with Gasteiger partial charge in [0.2, 0.25) is 5.95 Å². The molecule has 0 atom stereocenters. The zero-order valence-corrected chi connectivity index (χ0v) is 16.9. The van der Waals surface area contributed by atoms with Gasteiger partial charge in [-0.05, 0) is 36.4 Å². The topological polar surface area (TPSA) is 115 Å². The summed E-state index contributed by atoms with van der Waals surface area (Å²) in [5, 5.41) is 9.33. The largest absolute Gasteiger partial charge is 0.497 e. The van der Waals surface area contributed by atoms with Crippen molar-refractivity contribution in [3.05, 3.63) is 48.0 Å². The van der Waals surface area contributed by atoms with E-state index in [1.54, 1.807) is 63.6 Å². The van der Waals surface area contributed by atoms with Crippen LogP contribution in [0.15, 0.2) is 42.5 Å². The van der Waals surface area contributed by atoms with Gasteiger partial charge in [0.15, 0.2) is 18.2 Å². The molecule has 1 aromatic heterocycles. The maximum absolute atomic E-state index is 12.1. The van der Waals surface area contributed by atoms with Crippen LogP contribution in [0.2, 0.25) is 0 Å². The first-order valence-electron chi connectivity index (χ1n) is 9.24. The third-order valence-corrected chi connectivity index (χ3v) is 4.27. The van der Waals surface area contributed by atoms with Gasteiger partial charge in [-0.2, -0.15) is 4.98 Å². The summed E-state index contributed by atoms with van der Waals surface area (Å²) < 4.78 is 16.0. The molecule has 2 aromatic carbocycles. The first kappa shape index (κ1) is 20.8. The quantitative estimate of drug-likeness (QED) is 0.521. The smallest absolute Gasteiger partial charge is 0.264 e. The van der Waals surface area contributed by atoms with E-state index in [1.807, 2.05) is 0 Å². The minimum atomic E-state index is -0.420. The monoisotopic (exact) mass is 410 g/mol. The van der Waals surface area contributed by atoms with Crippen molar-refractivity contribution in [1.29, 1.82) is 0 Å². The van der Waals surface area contributed by atoms with Crippen LogP contribution >= 0.6 is 0 Å². The Hall–Kier alpha value is -3.88. The summed E-state index contributed by atoms with van der Waals surface area (Å²) in [4.78, 5) is 28.0. The van der Waals surface area contributed by atoms with Crippen molar-refractivity contribution in [1.82, 2.24) is 15.2 Å². The number of Topliss-reactive ketones (excluding diaryl/α,β-unsaturated/α-hetero) is 1. The van der Waals surface area contributed by atoms with Crippen LogP contribution in [0.4, 0.5) is 5.95 Å². The Morgan fingerprint density at radius 1 is 1.03 bits per heavy atom. The maximum atomic E-state index is 12.1. The van der Waals surface area contributed by atoms with Crippen molar-refractivity contribution in [2.24, 2.45) is 0 Å². The second-order valence-electron chi connectivity index (χ2n) is 6.21. The molecule has 3 aromatic rings. The molecule has 9 nitrogen and oxygen atoms in total. The molecule has 0 radical (unpaired) electrons. The molecule has 1 amide bonds. The third-order valence-electron chi connectivity index (χ3n) is 4.27. The second-order valence-corrected chi connectivity index (χ2v) is 6.21. The summed E-state index contributed by atoms with van der Waals surface area (Å²) in [6.45, 7) is 1.58. The molecular formula is C21H22N4O5. The highest BCUT2D eigenvalue weighted by Crippen LogP contribution is 2.31. The molecule has 3 rings (SSSR count). The Morgan fingerprint density at radius 3 is 2.43 bits per heavy atom. The van der Waals surface area contributed by atoms with E-state index in [-0.39, 0.29) is 18.3 Å². The number of carbonyl (C=O) groups is 2. The second kappa shape index (κ2) is 9.55. The van der Waals surface area contributed by atoms with E-state index in [0.29, 0.717) is 40.6 Å². The van der Waals surface area contributed by atoms with E-state index < -0.39 is 5.91 Å². The molecule has 2 N–H and O–H groups in total. The summed E-state index contributed by atoms with van der Waals surface area (Å²) >= 11 is 0. The van der Waals surface area contributed by atoms with Crippen molar-refractivity contribution in [2.45, 2.75) is 13.3 Å². The lowest BCUT2D eigenvalue weighted by atomic mass is 10.1. The third kappa shape index (κ3) is 4.93. The zero-order chi connectivity index (χ0) is 21.5. The van der Waals surface area contributed by atoms with Crippen LogP contribution in [0.3, 0.4) is 0 Å². The standard InChI is InChI=1S/C21H22N4O5/c1-4-17(26)13-5-7-14(8-6-13)30-12-19(27)22-21-23-20(24-25-21)16-10-9-15(28-2)11-18(16)29-3/h5-11H,4,12H2,1-3H3,(H2,22,23,24,25,27). The number of carbonyl (C=O) groups excluding carboxylic acids is 2. The maximum Gasteiger partial charge on any atom is 0.264 e. The highest BCUT2D eigenvalue weighted by molar-refractivity contribution is 5.96. The van der Waals surface area contributed by atoms with Crippen molar-refractivity contribution < 1.29 is 23.8 Å². The SMILES string of the molecule is CCC(=O)c1ccc(OCC(=O)Nc2n[nH]c(-c3ccc(OC)cc3OC)n2)cc1. The summed E-state index contributed by atoms with van der Waals surface area (Å²) in [5.41, 5.74) is 1.28. The lowest BCUT2D eigenvalue weighted by Gasteiger charge is -2.08. The predicted octanol–water partition coefficient (Wildman–Crippen LogP) is 3.10. The first-order valence-corrected chi connectivity index (χ1v) is 9.24. The van der Waals surface area contributed by atoms with Gasteiger partial charge < -0.3 is 14.2 Å². The van der Waals surface area contributed by atoms with E-state index in [4.69, 9.17) is 14.2 Å². The number of hydrogen-bond donors (Lipinski definition) is 2. The number of aromatic nitrogens is 3. The average Bonchev–Trinajstić information content (AvgIpc) is 3.25. The number of methoxy groups -OCH3 is 2. The van der Waals surface area contributed by atoms with Crippen LogP contribution < -0.4 is 19.5 Å². The molecule has 0 fully saturated rings. The van der Waals surface area contributed by atoms with Gasteiger partial charge in [-0.3, -0.25) is 20.0 Å². The molecule has 0 bridgehead atoms. The average molecular weight is 410 g/mol. The molecule has 0 spiro atoms. The van der Waals surface area contributed by atoms with Crippen molar-refractivity contribution >= 4 is 17.6 Å². The molecule has 30 heavy (non-hydrogen) atoms. The molecule has 0 unspecified atom stereocenters. The van der Waals surface area contributed by atoms with Crippen LogP contribution in [0.25, 0.3) is 11.4 Å². The molecule has 1 heterocycles. The van der Waals surface area contributed by atoms with E-state index in [2.05, 4.69) is 20.5 Å². The molecule has 0 aliphatic rings. The van der Waals surface area contributed by atoms with Crippen molar-refractivity contribution in [3.8, 4) is 28.6 Å². The summed E-state index contributed by atoms with van der Waals surface area (Å²) in [6.07, 6.45) is 0.434. The number of nitrogens with zero attached hydrogens (tertiary/aromatic N) is 2. The van der Waals surface area contributed by atoms with Gasteiger partial charge in [0.05, 0.1) is 19.8 Å². The Balaban J connectivity index is 1.59. The summed E-state index contributed by atoms with van der Waals surface area (Å²) in [6, 6.07) is 11.9. The van der Waals surface area contributed by atoms with Gasteiger partial charge in [-0.25, -0.2) is 0 Å². The molecule has 0 aliphatic heterocycles. The Morgan fingerprint density at radius 2 is 1.77 bits per heavy atom. The molecule has 0 saturated heterocycles. The number of benzene rings is 2. The number of ether oxygens (including phenoxy) is 3. The summed E-state index contributed by atoms with van der Waals surface area (Å²) in [5.74, 6) is 1.85. The van der Waals surface area contributed by atoms with Crippen LogP contribution in [0.5, 0.6) is 17.2 Å². The molecule has 0 saturated carbocycles. The van der Waals surface area contributed by atoms with Gasteiger partial charge in [0.1, 0.15) is 17.2 Å². The van der Waals surface area contributed by atoms with Gasteiger partial charge in [-0.1, -0.05) is 6.92 Å². The van der Waals surface area contributed by atoms with Gasteiger partial charge in [0, 0.05) is 18.1 Å². The lowest BCUT2D eigenvalue weighted by molar-refractivity contribution is -0.118. The number of ketones is 1. The lowest BCUT2D eigenvalue weighted by Crippen LogP contribution is -2.20. The fraction of sp³-hybridized carbons (Fsp3) is 0.238. The van der Waals surface area contributed by atoms with Crippen molar-refractivity contribution in [2.75, 3.05) is 26.1 Å². The fourth-order valence-corrected chi connectivity index (χ4v) is 2.68. The van der Waals surface area contributed by atoms with Gasteiger partial charge in [0.25, 0.3) is 5.91 Å². The number of hydrogen-bond acceptors (Lipinski definition) is 7. The number of anilines is 1. The Bertz CT molecular complexity index is 1030. The number of nitrogens with one attached hydrogen (secondary N) is 2. The minimum absolute atomic E-state index is 0.0493. The predicted molar refractivity (Wildman–Crippen MR) is 110 cm³/mol. The Kier molecular flexibility index (Phi) is 6.63. The first-order chi connectivity index (χ1) is 14.5. The highest BCUT2D eigenvalue weighted by Gasteiger charge is 2.14. The van der Waals surface area contributed by atoms with Gasteiger partial charge in [-0.15, -0.1) is 5.10 Å². The number of aromatic amines is 1. The fourth-order valence-electron chi connectivity index (χ4n) is 2.68. The molecule has 156 valence electrons. The van der Waals surface area contributed by atoms with E-state index in [1.165, 1.54) is 0 Å². The van der Waals surface area contributed by atoms with Gasteiger partial charge >= 0.3 is 0 Å². The highest BCUT2D eigenvalue weighted by atomic mass is 16.5. The van der Waals surface area contributed by atoms with Crippen LogP contribution in [0, 0.1) is 0 Å². The number of rotatable bonds is 9. The van der Waals surface area contributed by atoms with Crippen molar-refractivity contribution in [3.63, 3.8) is 0 Å². The molecular weight excluding hydrogens is 388 g/mol. The van der Waals surface area contributed by atoms with E-state index in [9.17, 15) is 9.59 Å². The van der Waals surface area contributed by atoms with E-state index in [0.717, 1.165) is 0 Å². The Labute approximate surface area is 173 Å². The van der Waals surface area contributed by atoms with E-state index >= 15 is 0 Å². The molecule has 0 aliphatic carbocycles. The van der Waals surface area contributed by atoms with Crippen LogP contribution in [0.1, 0.15) is 23.7 Å². The number of H-pyrrole nitrogens is 1. The normalized spacial score (nSPS) is 10.4. The minimum Gasteiger partial charge on any atom is -0.497 e. The van der Waals surface area contributed by atoms with Crippen LogP contribution in [-0.4, -0.2) is 47.7 Å². The number of amides is 1. The van der Waals surface area contributed by atoms with Crippen LogP contribution in [-0.2, 0) is 4.79 Å².